The van der Waals surface area contributed by atoms with E-state index in [0.717, 1.165) is 74.5 Å². The van der Waals surface area contributed by atoms with Gasteiger partial charge in [-0.2, -0.15) is 13.2 Å². The van der Waals surface area contributed by atoms with Gasteiger partial charge in [0, 0.05) is 37.5 Å². The highest BCUT2D eigenvalue weighted by Gasteiger charge is 2.60. The van der Waals surface area contributed by atoms with Crippen LogP contribution < -0.4 is 0 Å². The van der Waals surface area contributed by atoms with Gasteiger partial charge in [-0.25, -0.2) is 0 Å². The molecular weight excluding hydrogens is 461 g/mol. The maximum absolute atomic E-state index is 12.9. The van der Waals surface area contributed by atoms with E-state index in [1.54, 1.807) is 12.1 Å². The van der Waals surface area contributed by atoms with E-state index in [1.807, 2.05) is 35.9 Å². The van der Waals surface area contributed by atoms with Gasteiger partial charge in [0.25, 0.3) is 0 Å². The Bertz CT molecular complexity index is 1160. The highest BCUT2D eigenvalue weighted by molar-refractivity contribution is 6.33. The van der Waals surface area contributed by atoms with Crippen molar-refractivity contribution in [2.24, 2.45) is 13.0 Å². The number of rotatable bonds is 8. The Morgan fingerprint density at radius 3 is 2.53 bits per heavy atom. The summed E-state index contributed by atoms with van der Waals surface area (Å²) in [4.78, 5) is 2.48. The van der Waals surface area contributed by atoms with E-state index in [-0.39, 0.29) is 5.41 Å². The summed E-state index contributed by atoms with van der Waals surface area (Å²) in [6.07, 6.45) is 0.923. The highest BCUT2D eigenvalue weighted by atomic mass is 35.5. The van der Waals surface area contributed by atoms with E-state index >= 15 is 0 Å². The Morgan fingerprint density at radius 1 is 1.03 bits per heavy atom. The molecule has 1 saturated carbocycles. The quantitative estimate of drug-likeness (QED) is 0.357. The zero-order valence-corrected chi connectivity index (χ0v) is 19.9. The van der Waals surface area contributed by atoms with Gasteiger partial charge in [0.1, 0.15) is 5.82 Å². The number of aryl methyl sites for hydroxylation is 1. The predicted molar refractivity (Wildman–Crippen MR) is 127 cm³/mol. The summed E-state index contributed by atoms with van der Waals surface area (Å²) in [5.74, 6) is 2.31. The number of likely N-dealkylation sites (tertiary alicyclic amines) is 1. The molecule has 8 heteroatoms. The fourth-order valence-electron chi connectivity index (χ4n) is 5.45. The lowest BCUT2D eigenvalue weighted by Gasteiger charge is -2.21. The van der Waals surface area contributed by atoms with Gasteiger partial charge in [0.2, 0.25) is 0 Å². The van der Waals surface area contributed by atoms with Gasteiger partial charge in [-0.1, -0.05) is 42.3 Å². The van der Waals surface area contributed by atoms with E-state index in [2.05, 4.69) is 15.1 Å². The summed E-state index contributed by atoms with van der Waals surface area (Å²) in [7, 11) is 1.98. The zero-order valence-electron chi connectivity index (χ0n) is 19.2. The maximum Gasteiger partial charge on any atom is 0.416 e. The van der Waals surface area contributed by atoms with E-state index in [0.29, 0.717) is 10.9 Å². The summed E-state index contributed by atoms with van der Waals surface area (Å²) in [5, 5.41) is 9.37. The van der Waals surface area contributed by atoms with Crippen molar-refractivity contribution in [3.05, 3.63) is 70.5 Å². The third-order valence-electron chi connectivity index (χ3n) is 7.46. The van der Waals surface area contributed by atoms with Gasteiger partial charge in [-0.05, 0) is 61.6 Å². The lowest BCUT2D eigenvalue weighted by atomic mass is 9.94. The van der Waals surface area contributed by atoms with Gasteiger partial charge in [0.15, 0.2) is 5.82 Å². The average molecular weight is 489 g/mol. The molecular formula is C26H28ClF3N4. The third kappa shape index (κ3) is 4.48. The van der Waals surface area contributed by atoms with Crippen LogP contribution in [0.4, 0.5) is 13.2 Å². The van der Waals surface area contributed by atoms with Crippen molar-refractivity contribution in [3.8, 4) is 11.4 Å². The minimum Gasteiger partial charge on any atom is -0.314 e. The van der Waals surface area contributed by atoms with E-state index in [4.69, 9.17) is 11.6 Å². The van der Waals surface area contributed by atoms with Crippen LogP contribution in [-0.4, -0.2) is 39.3 Å². The number of aromatic nitrogens is 3. The van der Waals surface area contributed by atoms with Crippen LogP contribution in [0.15, 0.2) is 48.5 Å². The summed E-state index contributed by atoms with van der Waals surface area (Å²) in [5.41, 5.74) is 1.45. The van der Waals surface area contributed by atoms with Crippen molar-refractivity contribution < 1.29 is 13.2 Å². The average Bonchev–Trinajstić information content (AvgIpc) is 3.19. The molecule has 0 radical (unpaired) electrons. The molecule has 0 spiro atoms. The van der Waals surface area contributed by atoms with Crippen molar-refractivity contribution in [2.45, 2.75) is 43.7 Å². The maximum atomic E-state index is 12.9. The van der Waals surface area contributed by atoms with Crippen LogP contribution in [0.5, 0.6) is 0 Å². The number of alkyl halides is 3. The first kappa shape index (κ1) is 23.4. The number of nitrogens with zero attached hydrogens (tertiary/aromatic N) is 4. The molecule has 2 atom stereocenters. The molecule has 1 saturated heterocycles. The second-order valence-corrected chi connectivity index (χ2v) is 10.1. The zero-order chi connectivity index (χ0) is 23.9. The minimum absolute atomic E-state index is 0.0673. The molecule has 2 aliphatic rings. The van der Waals surface area contributed by atoms with Crippen LogP contribution >= 0.6 is 11.6 Å². The second-order valence-electron chi connectivity index (χ2n) is 9.66. The van der Waals surface area contributed by atoms with Crippen LogP contribution in [0, 0.1) is 5.92 Å². The first-order chi connectivity index (χ1) is 16.3. The molecule has 2 aromatic carbocycles. The molecule has 1 aliphatic carbocycles. The Labute approximate surface area is 202 Å². The molecule has 34 heavy (non-hydrogen) atoms. The lowest BCUT2D eigenvalue weighted by molar-refractivity contribution is -0.137. The number of fused-ring (bicyclic) bond motifs is 1. The number of hydrogen-bond donors (Lipinski definition) is 0. The van der Waals surface area contributed by atoms with Crippen molar-refractivity contribution in [3.63, 3.8) is 0 Å². The van der Waals surface area contributed by atoms with E-state index in [9.17, 15) is 13.2 Å². The minimum atomic E-state index is -4.28. The predicted octanol–water partition coefficient (Wildman–Crippen LogP) is 6.14. The number of piperidine rings is 1. The van der Waals surface area contributed by atoms with Crippen molar-refractivity contribution in [1.82, 2.24) is 19.7 Å². The van der Waals surface area contributed by atoms with Gasteiger partial charge >= 0.3 is 6.18 Å². The molecule has 0 amide bonds. The number of benzene rings is 2. The molecule has 1 aromatic heterocycles. The second kappa shape index (κ2) is 9.00. The van der Waals surface area contributed by atoms with Crippen LogP contribution in [0.1, 0.15) is 42.6 Å². The summed E-state index contributed by atoms with van der Waals surface area (Å²) in [6, 6.07) is 13.5. The Morgan fingerprint density at radius 2 is 1.79 bits per heavy atom. The van der Waals surface area contributed by atoms with Gasteiger partial charge < -0.3 is 9.47 Å². The molecule has 4 nitrogen and oxygen atoms in total. The Balaban J connectivity index is 1.08. The summed E-state index contributed by atoms with van der Waals surface area (Å²) < 4.78 is 40.6. The van der Waals surface area contributed by atoms with Crippen LogP contribution in [-0.2, 0) is 25.1 Å². The fraction of sp³-hybridized carbons (Fsp3) is 0.462. The molecule has 5 rings (SSSR count). The smallest absolute Gasteiger partial charge is 0.314 e. The van der Waals surface area contributed by atoms with Gasteiger partial charge in [-0.3, -0.25) is 0 Å². The van der Waals surface area contributed by atoms with Crippen molar-refractivity contribution in [1.29, 1.82) is 0 Å². The van der Waals surface area contributed by atoms with Crippen LogP contribution in [0.2, 0.25) is 5.02 Å². The molecule has 1 aliphatic heterocycles. The van der Waals surface area contributed by atoms with Crippen molar-refractivity contribution >= 4 is 11.6 Å². The topological polar surface area (TPSA) is 34.0 Å². The lowest BCUT2D eigenvalue weighted by Crippen LogP contribution is -2.27. The molecule has 0 N–H and O–H groups in total. The fourth-order valence-corrected chi connectivity index (χ4v) is 5.67. The molecule has 0 bridgehead atoms. The monoisotopic (exact) mass is 488 g/mol. The number of hydrogen-bond acceptors (Lipinski definition) is 3. The normalized spacial score (nSPS) is 22.2. The third-order valence-corrected chi connectivity index (χ3v) is 7.79. The molecule has 2 fully saturated rings. The molecule has 180 valence electrons. The number of unbranched alkanes of at least 4 members (excludes halogenated alkanes) is 2. The standard InChI is InChI=1S/C26H28ClF3N4/c1-33-23(31-32-24(33)21-7-4-5-8-22(21)27)9-3-2-6-14-34-16-20-15-25(20,17-34)18-10-12-19(13-11-18)26(28,29)30/h4-5,7-8,10-13,20H,2-3,6,9,14-17H2,1H3/t20-,25+/m0/s1. The first-order valence-electron chi connectivity index (χ1n) is 11.8. The highest BCUT2D eigenvalue weighted by Crippen LogP contribution is 2.59. The summed E-state index contributed by atoms with van der Waals surface area (Å²) in [6.45, 7) is 3.03. The molecule has 2 heterocycles. The summed E-state index contributed by atoms with van der Waals surface area (Å²) >= 11 is 6.30. The first-order valence-corrected chi connectivity index (χ1v) is 12.2. The van der Waals surface area contributed by atoms with E-state index < -0.39 is 11.7 Å². The SMILES string of the molecule is Cn1c(CCCCCN2C[C@@H]3C[C@]3(c3ccc(C(F)(F)F)cc3)C2)nnc1-c1ccccc1Cl. The van der Waals surface area contributed by atoms with Crippen molar-refractivity contribution in [2.75, 3.05) is 19.6 Å². The van der Waals surface area contributed by atoms with E-state index in [1.165, 1.54) is 12.1 Å². The Kier molecular flexibility index (Phi) is 6.19. The number of halogens is 4. The van der Waals surface area contributed by atoms with Crippen LogP contribution in [0.3, 0.4) is 0 Å². The van der Waals surface area contributed by atoms with Gasteiger partial charge in [0.05, 0.1) is 10.6 Å². The Hall–Kier alpha value is -2.38. The molecule has 3 aromatic rings. The van der Waals surface area contributed by atoms with Crippen LogP contribution in [0.25, 0.3) is 11.4 Å². The van der Waals surface area contributed by atoms with Gasteiger partial charge in [-0.15, -0.1) is 10.2 Å². The molecule has 0 unspecified atom stereocenters. The largest absolute Gasteiger partial charge is 0.416 e.